The molecule has 0 aliphatic carbocycles. The molecule has 0 saturated carbocycles. The van der Waals surface area contributed by atoms with E-state index in [2.05, 4.69) is 21.7 Å². The minimum Gasteiger partial charge on any atom is -0.342 e. The molecular formula is C26H22ClF3N4O. The number of nitriles is 1. The maximum absolute atomic E-state index is 13.3. The zero-order valence-corrected chi connectivity index (χ0v) is 19.3. The van der Waals surface area contributed by atoms with Crippen LogP contribution in [0.5, 0.6) is 0 Å². The van der Waals surface area contributed by atoms with Gasteiger partial charge in [0.15, 0.2) is 0 Å². The molecule has 2 aromatic carbocycles. The monoisotopic (exact) mass is 498 g/mol. The highest BCUT2D eigenvalue weighted by molar-refractivity contribution is 6.34. The third-order valence-corrected chi connectivity index (χ3v) is 6.42. The molecule has 5 nitrogen and oxygen atoms in total. The summed E-state index contributed by atoms with van der Waals surface area (Å²) in [7, 11) is 0. The SMILES string of the molecule is N#Cc1ccc(-c2cccc([C@H](NC(=O)c3nccc(C(F)(F)F)c3Cl)[C@@H]3CCCCN3)c2)cc1. The first-order valence-corrected chi connectivity index (χ1v) is 11.5. The number of pyridine rings is 1. The van der Waals surface area contributed by atoms with E-state index in [0.717, 1.165) is 54.8 Å². The van der Waals surface area contributed by atoms with Gasteiger partial charge in [-0.2, -0.15) is 18.4 Å². The van der Waals surface area contributed by atoms with Gasteiger partial charge < -0.3 is 10.6 Å². The molecule has 180 valence electrons. The summed E-state index contributed by atoms with van der Waals surface area (Å²) in [6, 6.07) is 16.9. The lowest BCUT2D eigenvalue weighted by molar-refractivity contribution is -0.137. The number of carbonyl (C=O) groups excluding carboxylic acids is 1. The molecule has 2 atom stereocenters. The highest BCUT2D eigenvalue weighted by atomic mass is 35.5. The molecule has 1 aliphatic heterocycles. The minimum atomic E-state index is -4.70. The molecule has 0 radical (unpaired) electrons. The smallest absolute Gasteiger partial charge is 0.342 e. The van der Waals surface area contributed by atoms with Gasteiger partial charge in [-0.05, 0) is 60.3 Å². The van der Waals surface area contributed by atoms with Gasteiger partial charge in [0.05, 0.1) is 28.3 Å². The maximum Gasteiger partial charge on any atom is 0.417 e. The summed E-state index contributed by atoms with van der Waals surface area (Å²) >= 11 is 5.95. The van der Waals surface area contributed by atoms with E-state index in [-0.39, 0.29) is 6.04 Å². The van der Waals surface area contributed by atoms with Gasteiger partial charge in [0.25, 0.3) is 5.91 Å². The van der Waals surface area contributed by atoms with E-state index in [1.54, 1.807) is 12.1 Å². The largest absolute Gasteiger partial charge is 0.417 e. The molecule has 0 bridgehead atoms. The molecule has 1 saturated heterocycles. The normalized spacial score (nSPS) is 16.8. The number of hydrogen-bond donors (Lipinski definition) is 2. The maximum atomic E-state index is 13.3. The van der Waals surface area contributed by atoms with Gasteiger partial charge in [-0.3, -0.25) is 4.79 Å². The van der Waals surface area contributed by atoms with Crippen LogP contribution in [0, 0.1) is 11.3 Å². The third kappa shape index (κ3) is 5.64. The molecule has 35 heavy (non-hydrogen) atoms. The van der Waals surface area contributed by atoms with Gasteiger partial charge in [0.1, 0.15) is 5.69 Å². The lowest BCUT2D eigenvalue weighted by atomic mass is 9.90. The van der Waals surface area contributed by atoms with Crippen molar-refractivity contribution in [3.63, 3.8) is 0 Å². The molecule has 9 heteroatoms. The second kappa shape index (κ2) is 10.5. The fraction of sp³-hybridized carbons (Fsp3) is 0.269. The Morgan fingerprint density at radius 3 is 2.57 bits per heavy atom. The van der Waals surface area contributed by atoms with Crippen LogP contribution in [-0.4, -0.2) is 23.5 Å². The number of carbonyl (C=O) groups is 1. The van der Waals surface area contributed by atoms with E-state index in [0.29, 0.717) is 5.56 Å². The highest BCUT2D eigenvalue weighted by Gasteiger charge is 2.36. The summed E-state index contributed by atoms with van der Waals surface area (Å²) in [4.78, 5) is 16.9. The predicted molar refractivity (Wildman–Crippen MR) is 127 cm³/mol. The lowest BCUT2D eigenvalue weighted by Crippen LogP contribution is -2.46. The Morgan fingerprint density at radius 1 is 1.14 bits per heavy atom. The summed E-state index contributed by atoms with van der Waals surface area (Å²) < 4.78 is 39.9. The van der Waals surface area contributed by atoms with Crippen LogP contribution in [0.4, 0.5) is 13.2 Å². The molecule has 1 aromatic heterocycles. The number of amides is 1. The van der Waals surface area contributed by atoms with E-state index in [4.69, 9.17) is 16.9 Å². The summed E-state index contributed by atoms with van der Waals surface area (Å²) in [6.07, 6.45) is -1.01. The first-order chi connectivity index (χ1) is 16.8. The molecule has 3 aromatic rings. The van der Waals surface area contributed by atoms with E-state index >= 15 is 0 Å². The Kier molecular flexibility index (Phi) is 7.39. The van der Waals surface area contributed by atoms with E-state index < -0.39 is 34.4 Å². The number of rotatable bonds is 5. The van der Waals surface area contributed by atoms with Crippen molar-refractivity contribution in [2.75, 3.05) is 6.54 Å². The van der Waals surface area contributed by atoms with Gasteiger partial charge in [-0.15, -0.1) is 0 Å². The van der Waals surface area contributed by atoms with Crippen molar-refractivity contribution in [2.24, 2.45) is 0 Å². The van der Waals surface area contributed by atoms with Crippen LogP contribution in [0.1, 0.15) is 52.5 Å². The number of aromatic nitrogens is 1. The molecule has 1 amide bonds. The average molecular weight is 499 g/mol. The van der Waals surface area contributed by atoms with Crippen LogP contribution in [0.2, 0.25) is 5.02 Å². The van der Waals surface area contributed by atoms with Crippen LogP contribution >= 0.6 is 11.6 Å². The van der Waals surface area contributed by atoms with Crippen LogP contribution in [-0.2, 0) is 6.18 Å². The molecule has 2 N–H and O–H groups in total. The van der Waals surface area contributed by atoms with E-state index in [1.807, 2.05) is 36.4 Å². The molecule has 2 heterocycles. The van der Waals surface area contributed by atoms with Crippen molar-refractivity contribution in [1.82, 2.24) is 15.6 Å². The van der Waals surface area contributed by atoms with Crippen molar-refractivity contribution >= 4 is 17.5 Å². The number of nitrogens with zero attached hydrogens (tertiary/aromatic N) is 2. The van der Waals surface area contributed by atoms with Gasteiger partial charge in [0, 0.05) is 12.2 Å². The van der Waals surface area contributed by atoms with Crippen molar-refractivity contribution in [3.8, 4) is 17.2 Å². The average Bonchev–Trinajstić information content (AvgIpc) is 2.87. The molecule has 0 spiro atoms. The Morgan fingerprint density at radius 2 is 1.91 bits per heavy atom. The standard InChI is InChI=1S/C26H22ClF3N4O/c27-22-20(26(28,29)30)11-13-33-24(22)25(35)34-23(21-6-1-2-12-32-21)19-5-3-4-18(14-19)17-9-7-16(15-31)8-10-17/h3-5,7-11,13-14,21,23,32H,1-2,6,12H2,(H,34,35)/t21-,23-/m0/s1. The van der Waals surface area contributed by atoms with Crippen molar-refractivity contribution < 1.29 is 18.0 Å². The summed E-state index contributed by atoms with van der Waals surface area (Å²) in [5.41, 5.74) is 1.56. The Hall–Kier alpha value is -3.41. The molecule has 0 unspecified atom stereocenters. The number of nitrogens with one attached hydrogen (secondary N) is 2. The predicted octanol–water partition coefficient (Wildman–Crippen LogP) is 5.91. The molecular weight excluding hydrogens is 477 g/mol. The number of hydrogen-bond acceptors (Lipinski definition) is 4. The summed E-state index contributed by atoms with van der Waals surface area (Å²) in [5, 5.41) is 14.6. The van der Waals surface area contributed by atoms with Gasteiger partial charge in [0.2, 0.25) is 0 Å². The first kappa shape index (κ1) is 24.7. The van der Waals surface area contributed by atoms with Crippen LogP contribution < -0.4 is 10.6 Å². The van der Waals surface area contributed by atoms with Crippen molar-refractivity contribution in [3.05, 3.63) is 88.2 Å². The Labute approximate surface area is 205 Å². The third-order valence-electron chi connectivity index (χ3n) is 6.04. The Bertz CT molecular complexity index is 1250. The second-order valence-electron chi connectivity index (χ2n) is 8.34. The minimum absolute atomic E-state index is 0.117. The van der Waals surface area contributed by atoms with E-state index in [9.17, 15) is 18.0 Å². The summed E-state index contributed by atoms with van der Waals surface area (Å²) in [5.74, 6) is -0.776. The number of halogens is 4. The zero-order valence-electron chi connectivity index (χ0n) is 18.6. The van der Waals surface area contributed by atoms with Crippen LogP contribution in [0.25, 0.3) is 11.1 Å². The topological polar surface area (TPSA) is 77.8 Å². The number of benzene rings is 2. The van der Waals surface area contributed by atoms with Crippen molar-refractivity contribution in [1.29, 1.82) is 5.26 Å². The summed E-state index contributed by atoms with van der Waals surface area (Å²) in [6.45, 7) is 0.773. The van der Waals surface area contributed by atoms with Gasteiger partial charge in [-0.25, -0.2) is 4.98 Å². The van der Waals surface area contributed by atoms with Gasteiger partial charge >= 0.3 is 6.18 Å². The quantitative estimate of drug-likeness (QED) is 0.458. The Balaban J connectivity index is 1.67. The fourth-order valence-electron chi connectivity index (χ4n) is 4.26. The van der Waals surface area contributed by atoms with E-state index in [1.165, 1.54) is 0 Å². The first-order valence-electron chi connectivity index (χ1n) is 11.1. The lowest BCUT2D eigenvalue weighted by Gasteiger charge is -2.32. The molecule has 1 aliphatic rings. The highest BCUT2D eigenvalue weighted by Crippen LogP contribution is 2.36. The number of alkyl halides is 3. The second-order valence-corrected chi connectivity index (χ2v) is 8.72. The van der Waals surface area contributed by atoms with Crippen LogP contribution in [0.15, 0.2) is 60.8 Å². The van der Waals surface area contributed by atoms with Crippen molar-refractivity contribution in [2.45, 2.75) is 37.5 Å². The molecule has 1 fully saturated rings. The van der Waals surface area contributed by atoms with Gasteiger partial charge in [-0.1, -0.05) is 48.4 Å². The zero-order chi connectivity index (χ0) is 25.0. The molecule has 4 rings (SSSR count). The number of piperidine rings is 1. The fourth-order valence-corrected chi connectivity index (χ4v) is 4.56. The van der Waals surface area contributed by atoms with Crippen LogP contribution in [0.3, 0.4) is 0 Å².